The minimum Gasteiger partial charge on any atom is -0.462 e. The molecule has 0 aliphatic carbocycles. The van der Waals surface area contributed by atoms with Gasteiger partial charge < -0.3 is 9.72 Å². The third kappa shape index (κ3) is 4.49. The Hall–Kier alpha value is -4.36. The van der Waals surface area contributed by atoms with Gasteiger partial charge >= 0.3 is 5.97 Å². The maximum Gasteiger partial charge on any atom is 0.338 e. The number of carbonyl (C=O) groups is 2. The maximum atomic E-state index is 13.3. The Balaban J connectivity index is 1.15. The Labute approximate surface area is 218 Å². The lowest BCUT2D eigenvalue weighted by Gasteiger charge is -2.31. The number of anilines is 2. The number of aromatic amines is 1. The summed E-state index contributed by atoms with van der Waals surface area (Å²) in [5.41, 5.74) is 5.76. The Kier molecular flexibility index (Phi) is 5.98. The van der Waals surface area contributed by atoms with Gasteiger partial charge in [0.2, 0.25) is 5.91 Å². The second-order valence-electron chi connectivity index (χ2n) is 8.84. The summed E-state index contributed by atoms with van der Waals surface area (Å²) in [6.45, 7) is 2.03. The monoisotopic (exact) mass is 505 g/mol. The van der Waals surface area contributed by atoms with Gasteiger partial charge in [-0.05, 0) is 49.4 Å². The average molecular weight is 506 g/mol. The number of aromatic nitrogens is 2. The van der Waals surface area contributed by atoms with Crippen molar-refractivity contribution in [2.75, 3.05) is 11.5 Å². The molecule has 0 unspecified atom stereocenters. The number of benzene rings is 4. The molecule has 1 amide bonds. The fraction of sp³-hybridized carbons (Fsp3) is 0.100. The topological polar surface area (TPSA) is 75.3 Å². The van der Waals surface area contributed by atoms with Crippen LogP contribution >= 0.6 is 11.8 Å². The molecule has 0 bridgehead atoms. The number of carbonyl (C=O) groups excluding carboxylic acids is 2. The van der Waals surface area contributed by atoms with Crippen molar-refractivity contribution < 1.29 is 14.3 Å². The van der Waals surface area contributed by atoms with Gasteiger partial charge in [0.05, 0.1) is 34.4 Å². The van der Waals surface area contributed by atoms with Crippen molar-refractivity contribution in [1.29, 1.82) is 0 Å². The lowest BCUT2D eigenvalue weighted by Crippen LogP contribution is -2.29. The third-order valence-electron chi connectivity index (χ3n) is 6.27. The van der Waals surface area contributed by atoms with Crippen LogP contribution in [0.1, 0.15) is 22.3 Å². The smallest absolute Gasteiger partial charge is 0.338 e. The summed E-state index contributed by atoms with van der Waals surface area (Å²) >= 11 is 1.64. The first-order chi connectivity index (χ1) is 18.1. The zero-order valence-corrected chi connectivity index (χ0v) is 20.9. The first-order valence-electron chi connectivity index (χ1n) is 12.0. The van der Waals surface area contributed by atoms with Gasteiger partial charge in [-0.25, -0.2) is 9.78 Å². The fourth-order valence-corrected chi connectivity index (χ4v) is 5.44. The molecular formula is C30H23N3O3S. The number of fused-ring (bicyclic) bond motifs is 3. The number of esters is 1. The average Bonchev–Trinajstić information content (AvgIpc) is 3.35. The Bertz CT molecular complexity index is 1600. The number of nitrogens with one attached hydrogen (secondary N) is 1. The van der Waals surface area contributed by atoms with Crippen LogP contribution in [0.15, 0.2) is 101 Å². The van der Waals surface area contributed by atoms with Crippen LogP contribution in [0.25, 0.3) is 22.4 Å². The number of nitrogens with zero attached hydrogens (tertiary/aromatic N) is 2. The molecule has 182 valence electrons. The molecule has 6 nitrogen and oxygen atoms in total. The van der Waals surface area contributed by atoms with Crippen molar-refractivity contribution in [3.8, 4) is 11.4 Å². The number of aryl methyl sites for hydroxylation is 1. The van der Waals surface area contributed by atoms with Gasteiger partial charge in [-0.1, -0.05) is 65.9 Å². The summed E-state index contributed by atoms with van der Waals surface area (Å²) in [5.74, 6) is 0.141. The number of amides is 1. The maximum absolute atomic E-state index is 13.3. The molecule has 0 saturated heterocycles. The summed E-state index contributed by atoms with van der Waals surface area (Å²) in [7, 11) is 0. The van der Waals surface area contributed by atoms with Gasteiger partial charge in [0.15, 0.2) is 0 Å². The number of hydrogen-bond acceptors (Lipinski definition) is 5. The molecule has 0 fully saturated rings. The van der Waals surface area contributed by atoms with Crippen LogP contribution in [0.2, 0.25) is 0 Å². The van der Waals surface area contributed by atoms with Crippen molar-refractivity contribution in [2.24, 2.45) is 0 Å². The first-order valence-corrected chi connectivity index (χ1v) is 12.8. The van der Waals surface area contributed by atoms with E-state index in [4.69, 9.17) is 4.74 Å². The van der Waals surface area contributed by atoms with Crippen molar-refractivity contribution in [1.82, 2.24) is 9.97 Å². The fourth-order valence-electron chi connectivity index (χ4n) is 4.38. The van der Waals surface area contributed by atoms with Crippen LogP contribution in [0, 0.1) is 6.92 Å². The molecular weight excluding hydrogens is 482 g/mol. The quantitative estimate of drug-likeness (QED) is 0.263. The van der Waals surface area contributed by atoms with E-state index in [9.17, 15) is 9.59 Å². The van der Waals surface area contributed by atoms with E-state index in [2.05, 4.69) is 9.97 Å². The van der Waals surface area contributed by atoms with E-state index >= 15 is 0 Å². The second kappa shape index (κ2) is 9.59. The molecule has 0 saturated carbocycles. The van der Waals surface area contributed by atoms with Gasteiger partial charge in [-0.2, -0.15) is 0 Å². The van der Waals surface area contributed by atoms with Crippen molar-refractivity contribution >= 4 is 46.0 Å². The molecule has 4 aromatic carbocycles. The molecule has 5 aromatic rings. The van der Waals surface area contributed by atoms with Crippen LogP contribution in [0.3, 0.4) is 0 Å². The van der Waals surface area contributed by atoms with Gasteiger partial charge in [-0.3, -0.25) is 9.69 Å². The first kappa shape index (κ1) is 23.1. The summed E-state index contributed by atoms with van der Waals surface area (Å²) < 4.78 is 5.49. The van der Waals surface area contributed by atoms with Gasteiger partial charge in [0, 0.05) is 15.4 Å². The van der Waals surface area contributed by atoms with Gasteiger partial charge in [0.25, 0.3) is 0 Å². The molecule has 2 heterocycles. The number of ether oxygens (including phenoxy) is 1. The molecule has 0 spiro atoms. The van der Waals surface area contributed by atoms with Crippen molar-refractivity contribution in [3.05, 3.63) is 102 Å². The van der Waals surface area contributed by atoms with E-state index in [0.717, 1.165) is 43.6 Å². The van der Waals surface area contributed by atoms with E-state index < -0.39 is 5.97 Å². The largest absolute Gasteiger partial charge is 0.462 e. The van der Waals surface area contributed by atoms with Gasteiger partial charge in [-0.15, -0.1) is 0 Å². The third-order valence-corrected chi connectivity index (χ3v) is 7.40. The zero-order chi connectivity index (χ0) is 25.4. The summed E-state index contributed by atoms with van der Waals surface area (Å²) in [6.07, 6.45) is 0.0724. The number of H-pyrrole nitrogens is 1. The van der Waals surface area contributed by atoms with E-state index in [1.54, 1.807) is 34.9 Å². The Morgan fingerprint density at radius 3 is 2.27 bits per heavy atom. The molecule has 0 atom stereocenters. The number of imidazole rings is 1. The molecule has 37 heavy (non-hydrogen) atoms. The van der Waals surface area contributed by atoms with Crippen molar-refractivity contribution in [2.45, 2.75) is 23.1 Å². The van der Waals surface area contributed by atoms with E-state index in [0.29, 0.717) is 5.56 Å². The number of rotatable bonds is 5. The lowest BCUT2D eigenvalue weighted by molar-refractivity contribution is -0.118. The van der Waals surface area contributed by atoms with E-state index in [1.807, 2.05) is 79.7 Å². The number of hydrogen-bond donors (Lipinski definition) is 1. The molecule has 6 rings (SSSR count). The second-order valence-corrected chi connectivity index (χ2v) is 9.92. The SMILES string of the molecule is Cc1ccc(-c2nc3ccc(C(=O)OCCC(=O)N4c5ccccc5Sc5ccccc54)cc3[nH]2)cc1. The van der Waals surface area contributed by atoms with Gasteiger partial charge in [0.1, 0.15) is 12.4 Å². The molecule has 1 N–H and O–H groups in total. The Morgan fingerprint density at radius 1 is 0.892 bits per heavy atom. The Morgan fingerprint density at radius 2 is 1.57 bits per heavy atom. The highest BCUT2D eigenvalue weighted by Gasteiger charge is 2.27. The minimum absolute atomic E-state index is 0.0126. The summed E-state index contributed by atoms with van der Waals surface area (Å²) in [5, 5.41) is 0. The normalized spacial score (nSPS) is 12.2. The highest BCUT2D eigenvalue weighted by atomic mass is 32.2. The highest BCUT2D eigenvalue weighted by Crippen LogP contribution is 2.48. The predicted octanol–water partition coefficient (Wildman–Crippen LogP) is 6.91. The van der Waals surface area contributed by atoms with E-state index in [1.165, 1.54) is 5.56 Å². The predicted molar refractivity (Wildman–Crippen MR) is 145 cm³/mol. The molecule has 1 aliphatic heterocycles. The minimum atomic E-state index is -0.476. The lowest BCUT2D eigenvalue weighted by atomic mass is 10.1. The highest BCUT2D eigenvalue weighted by molar-refractivity contribution is 7.99. The van der Waals surface area contributed by atoms with Crippen molar-refractivity contribution in [3.63, 3.8) is 0 Å². The molecule has 0 radical (unpaired) electrons. The summed E-state index contributed by atoms with van der Waals surface area (Å²) in [4.78, 5) is 37.7. The van der Waals surface area contributed by atoms with Crippen LogP contribution in [0.4, 0.5) is 11.4 Å². The standard InChI is InChI=1S/C30H23N3O3S/c1-19-10-12-20(13-11-19)29-31-22-15-14-21(18-23(22)32-29)30(35)36-17-16-28(34)33-24-6-2-4-8-26(24)37-27-9-5-3-7-25(27)33/h2-15,18H,16-17H2,1H3,(H,31,32). The summed E-state index contributed by atoms with van der Waals surface area (Å²) in [6, 6.07) is 29.0. The van der Waals surface area contributed by atoms with Crippen LogP contribution < -0.4 is 4.90 Å². The molecule has 1 aromatic heterocycles. The van der Waals surface area contributed by atoms with Crippen LogP contribution in [-0.2, 0) is 9.53 Å². The molecule has 7 heteroatoms. The number of para-hydroxylation sites is 2. The zero-order valence-electron chi connectivity index (χ0n) is 20.1. The van der Waals surface area contributed by atoms with Crippen LogP contribution in [-0.4, -0.2) is 28.5 Å². The van der Waals surface area contributed by atoms with Crippen LogP contribution in [0.5, 0.6) is 0 Å². The molecule has 1 aliphatic rings. The van der Waals surface area contributed by atoms with E-state index in [-0.39, 0.29) is 18.9 Å².